The predicted molar refractivity (Wildman–Crippen MR) is 289 cm³/mol. The van der Waals surface area contributed by atoms with Gasteiger partial charge in [0.15, 0.2) is 0 Å². The van der Waals surface area contributed by atoms with E-state index >= 15 is 0 Å². The molecular formula is C58H66FN9O14. The van der Waals surface area contributed by atoms with Gasteiger partial charge in [0.1, 0.15) is 23.9 Å². The molecule has 12 amide bonds. The van der Waals surface area contributed by atoms with Crippen molar-refractivity contribution in [2.24, 2.45) is 17.8 Å². The van der Waals surface area contributed by atoms with Crippen LogP contribution in [0.4, 0.5) is 15.8 Å². The number of halogens is 1. The standard InChI is InChI=1S/C20H23N3O4.C19H21N3O5.C13H9FN2O4.C6H13NO/c1-2-12-7-9-22(10-8-12)13-3-4-14-15(11-13)20(27)23(19(14)26)16-5-6-17(24)21-18(16)25;23-10-11-5-7-21(8-6-11)12-1-2-13-14(9-12)19(27)22(18(13)26)15-3-4-16(24)20-17(15)25;14-6-1-2-7-8(5-6)13(20)16(12(7)19)9-3-4-10(17)15-11(9)18;8-5-6-1-3-7-4-2-6/h3-4,11-12,16H,2,5-10H2,1H3,(H,21,24,25);1-2,9,11,15,23H,3-8,10H2,(H,20,24,25);1-2,5,9H,3-4H2,(H,15,17,18);6-8H,1-5H2. The van der Waals surface area contributed by atoms with Crippen LogP contribution in [0.3, 0.4) is 0 Å². The number of rotatable bonds is 8. The molecule has 0 aliphatic carbocycles. The second-order valence-electron chi connectivity index (χ2n) is 21.8. The minimum absolute atomic E-state index is 0.0537. The third-order valence-electron chi connectivity index (χ3n) is 16.8. The van der Waals surface area contributed by atoms with Crippen LogP contribution in [0.15, 0.2) is 54.6 Å². The molecule has 0 saturated carbocycles. The van der Waals surface area contributed by atoms with Crippen LogP contribution in [-0.2, 0) is 28.8 Å². The Morgan fingerprint density at radius 1 is 0.427 bits per heavy atom. The number of carbonyl (C=O) groups excluding carboxylic acids is 12. The maximum Gasteiger partial charge on any atom is 0.262 e. The normalized spacial score (nSPS) is 23.3. The molecule has 3 atom stereocenters. The number of hydrogen-bond acceptors (Lipinski definition) is 17. The first kappa shape index (κ1) is 58.6. The molecule has 9 aliphatic rings. The minimum atomic E-state index is -1.02. The van der Waals surface area contributed by atoms with Crippen LogP contribution < -0.4 is 31.1 Å². The lowest BCUT2D eigenvalue weighted by atomic mass is 9.94. The zero-order valence-corrected chi connectivity index (χ0v) is 45.4. The number of amides is 12. The summed E-state index contributed by atoms with van der Waals surface area (Å²) in [7, 11) is 0. The fourth-order valence-corrected chi connectivity index (χ4v) is 11.8. The van der Waals surface area contributed by atoms with Crippen molar-refractivity contribution in [1.82, 2.24) is 36.0 Å². The Morgan fingerprint density at radius 3 is 1.10 bits per heavy atom. The highest BCUT2D eigenvalue weighted by Crippen LogP contribution is 2.35. The third kappa shape index (κ3) is 12.2. The van der Waals surface area contributed by atoms with Crippen LogP contribution in [0.2, 0.25) is 0 Å². The summed E-state index contributed by atoms with van der Waals surface area (Å²) in [6.45, 7) is 8.40. The maximum absolute atomic E-state index is 13.2. The number of aliphatic hydroxyl groups excluding tert-OH is 2. The van der Waals surface area contributed by atoms with Crippen molar-refractivity contribution >= 4 is 82.3 Å². The molecule has 3 unspecified atom stereocenters. The van der Waals surface area contributed by atoms with Gasteiger partial charge < -0.3 is 25.3 Å². The molecule has 82 heavy (non-hydrogen) atoms. The lowest BCUT2D eigenvalue weighted by Crippen LogP contribution is -2.54. The zero-order chi connectivity index (χ0) is 58.5. The second kappa shape index (κ2) is 25.4. The summed E-state index contributed by atoms with van der Waals surface area (Å²) in [5, 5.41) is 27.7. The van der Waals surface area contributed by atoms with Gasteiger partial charge in [-0.15, -0.1) is 0 Å². The molecular weight excluding hydrogens is 1070 g/mol. The van der Waals surface area contributed by atoms with Crippen molar-refractivity contribution in [2.45, 2.75) is 109 Å². The molecule has 23 nitrogen and oxygen atoms in total. The number of fused-ring (bicyclic) bond motifs is 3. The number of piperidine rings is 6. The Labute approximate surface area is 471 Å². The molecule has 3 aromatic rings. The number of benzene rings is 3. The fraction of sp³-hybridized carbons (Fsp3) is 0.483. The van der Waals surface area contributed by atoms with E-state index in [2.05, 4.69) is 38.0 Å². The van der Waals surface area contributed by atoms with E-state index in [0.717, 1.165) is 122 Å². The summed E-state index contributed by atoms with van der Waals surface area (Å²) in [5.41, 5.74) is 3.08. The third-order valence-corrected chi connectivity index (χ3v) is 16.8. The summed E-state index contributed by atoms with van der Waals surface area (Å²) in [6.07, 6.45) is 8.19. The SMILES string of the molecule is CCC1CCN(c2ccc3c(c2)C(=O)N(C2CCC(=O)NC2=O)C3=O)CC1.O=C1CCC(N2C(=O)c3ccc(F)cc3C2=O)C(=O)N1.O=C1CCC(N2C(=O)c3ccc(N4CCC(CO)CC4)cc3C2=O)C(=O)N1.OCC1CCNCC1. The fourth-order valence-electron chi connectivity index (χ4n) is 11.8. The van der Waals surface area contributed by atoms with E-state index in [1.807, 2.05) is 12.1 Å². The number of imide groups is 6. The minimum Gasteiger partial charge on any atom is -0.396 e. The first-order valence-corrected chi connectivity index (χ1v) is 28.1. The van der Waals surface area contributed by atoms with E-state index in [1.165, 1.54) is 12.5 Å². The summed E-state index contributed by atoms with van der Waals surface area (Å²) in [5.74, 6) is -5.29. The van der Waals surface area contributed by atoms with Crippen LogP contribution >= 0.6 is 0 Å². The zero-order valence-electron chi connectivity index (χ0n) is 45.4. The molecule has 12 rings (SSSR count). The van der Waals surface area contributed by atoms with E-state index in [-0.39, 0.29) is 68.1 Å². The van der Waals surface area contributed by atoms with Gasteiger partial charge in [0, 0.05) is 70.0 Å². The van der Waals surface area contributed by atoms with Gasteiger partial charge in [-0.05, 0) is 143 Å². The van der Waals surface area contributed by atoms with Crippen LogP contribution in [0.25, 0.3) is 0 Å². The molecule has 434 valence electrons. The van der Waals surface area contributed by atoms with Gasteiger partial charge in [-0.25, -0.2) is 4.39 Å². The first-order valence-electron chi connectivity index (χ1n) is 28.1. The van der Waals surface area contributed by atoms with Crippen molar-refractivity contribution < 1.29 is 72.1 Å². The molecule has 0 radical (unpaired) electrons. The average molecular weight is 1130 g/mol. The Morgan fingerprint density at radius 2 is 0.756 bits per heavy atom. The highest BCUT2D eigenvalue weighted by atomic mass is 19.1. The van der Waals surface area contributed by atoms with Crippen LogP contribution in [0.5, 0.6) is 0 Å². The van der Waals surface area contributed by atoms with E-state index in [0.29, 0.717) is 40.7 Å². The van der Waals surface area contributed by atoms with Crippen molar-refractivity contribution in [3.8, 4) is 0 Å². The summed E-state index contributed by atoms with van der Waals surface area (Å²) in [4.78, 5) is 152. The Kier molecular flexibility index (Phi) is 18.1. The Bertz CT molecular complexity index is 2970. The van der Waals surface area contributed by atoms with Gasteiger partial charge in [-0.1, -0.05) is 13.3 Å². The number of aliphatic hydroxyl groups is 2. The molecule has 6 fully saturated rings. The smallest absolute Gasteiger partial charge is 0.262 e. The molecule has 9 aliphatic heterocycles. The van der Waals surface area contributed by atoms with Gasteiger partial charge >= 0.3 is 0 Å². The largest absolute Gasteiger partial charge is 0.396 e. The van der Waals surface area contributed by atoms with Crippen molar-refractivity contribution in [3.63, 3.8) is 0 Å². The van der Waals surface area contributed by atoms with Crippen LogP contribution in [0.1, 0.15) is 153 Å². The molecule has 24 heteroatoms. The van der Waals surface area contributed by atoms with Crippen molar-refractivity contribution in [2.75, 3.05) is 62.3 Å². The number of nitrogens with one attached hydrogen (secondary N) is 4. The molecule has 0 bridgehead atoms. The average Bonchev–Trinajstić information content (AvgIpc) is 3.43. The van der Waals surface area contributed by atoms with Crippen LogP contribution in [0, 0.1) is 23.6 Å². The van der Waals surface area contributed by atoms with Crippen molar-refractivity contribution in [3.05, 3.63) is 93.8 Å². The second-order valence-corrected chi connectivity index (χ2v) is 21.8. The summed E-state index contributed by atoms with van der Waals surface area (Å²) < 4.78 is 13.2. The lowest BCUT2D eigenvalue weighted by Gasteiger charge is -2.33. The number of nitrogens with zero attached hydrogens (tertiary/aromatic N) is 5. The van der Waals surface area contributed by atoms with E-state index < -0.39 is 83.0 Å². The summed E-state index contributed by atoms with van der Waals surface area (Å²) >= 11 is 0. The molecule has 9 heterocycles. The van der Waals surface area contributed by atoms with E-state index in [4.69, 9.17) is 5.11 Å². The highest BCUT2D eigenvalue weighted by molar-refractivity contribution is 6.25. The molecule has 6 N–H and O–H groups in total. The lowest BCUT2D eigenvalue weighted by molar-refractivity contribution is -0.137. The Hall–Kier alpha value is -8.09. The van der Waals surface area contributed by atoms with Gasteiger partial charge in [-0.3, -0.25) is 88.2 Å². The maximum atomic E-state index is 13.2. The predicted octanol–water partition coefficient (Wildman–Crippen LogP) is 2.22. The molecule has 3 aromatic carbocycles. The number of anilines is 2. The van der Waals surface area contributed by atoms with Gasteiger partial charge in [0.2, 0.25) is 35.4 Å². The van der Waals surface area contributed by atoms with E-state index in [1.54, 1.807) is 24.3 Å². The van der Waals surface area contributed by atoms with E-state index in [9.17, 15) is 67.0 Å². The monoisotopic (exact) mass is 1130 g/mol. The topological polar surface area (TPSA) is 310 Å². The Balaban J connectivity index is 0.000000140. The highest BCUT2D eigenvalue weighted by Gasteiger charge is 2.48. The molecule has 6 saturated heterocycles. The van der Waals surface area contributed by atoms with Crippen molar-refractivity contribution in [1.29, 1.82) is 0 Å². The molecule has 0 spiro atoms. The first-order chi connectivity index (χ1) is 39.4. The van der Waals surface area contributed by atoms with Gasteiger partial charge in [0.05, 0.1) is 33.4 Å². The molecule has 0 aromatic heterocycles. The number of hydrogen-bond donors (Lipinski definition) is 6. The quantitative estimate of drug-likeness (QED) is 0.176. The summed E-state index contributed by atoms with van der Waals surface area (Å²) in [6, 6.07) is 10.9. The van der Waals surface area contributed by atoms with Gasteiger partial charge in [0.25, 0.3) is 35.4 Å². The van der Waals surface area contributed by atoms with Gasteiger partial charge in [-0.2, -0.15) is 0 Å². The van der Waals surface area contributed by atoms with Crippen LogP contribution in [-0.4, -0.2) is 166 Å². The number of carbonyl (C=O) groups is 12.